The Balaban J connectivity index is 0.000000366. The van der Waals surface area contributed by atoms with Crippen LogP contribution in [0.5, 0.6) is 0 Å². The quantitative estimate of drug-likeness (QED) is 0.516. The summed E-state index contributed by atoms with van der Waals surface area (Å²) in [6.07, 6.45) is 5.35. The van der Waals surface area contributed by atoms with Crippen LogP contribution in [-0.2, 0) is 9.59 Å². The molecule has 1 atom stereocenters. The molecule has 0 amide bonds. The van der Waals surface area contributed by atoms with E-state index in [9.17, 15) is 14.7 Å². The van der Waals surface area contributed by atoms with Crippen LogP contribution in [0.3, 0.4) is 0 Å². The fraction of sp³-hybridized carbons (Fsp3) is 0.571. The summed E-state index contributed by atoms with van der Waals surface area (Å²) < 4.78 is 2.19. The molecule has 2 aromatic heterocycles. The first-order valence-electron chi connectivity index (χ1n) is 10.3. The molecule has 0 radical (unpaired) electrons. The lowest BCUT2D eigenvalue weighted by Crippen LogP contribution is -2.20. The van der Waals surface area contributed by atoms with Gasteiger partial charge in [0.05, 0.1) is 30.6 Å². The minimum Gasteiger partial charge on any atom is -0.481 e. The highest BCUT2D eigenvalue weighted by molar-refractivity contribution is 5.78. The Morgan fingerprint density at radius 3 is 2.35 bits per heavy atom. The number of nitrogens with zero attached hydrogens (tertiary/aromatic N) is 4. The number of anilines is 1. The van der Waals surface area contributed by atoms with E-state index in [4.69, 9.17) is 15.5 Å². The van der Waals surface area contributed by atoms with Crippen LogP contribution in [0.15, 0.2) is 12.3 Å². The van der Waals surface area contributed by atoms with Gasteiger partial charge in [-0.25, -0.2) is 9.97 Å². The van der Waals surface area contributed by atoms with Crippen LogP contribution in [0.4, 0.5) is 5.82 Å². The molecule has 0 aliphatic heterocycles. The highest BCUT2D eigenvalue weighted by Crippen LogP contribution is 2.37. The number of imidazole rings is 1. The number of hydrogen-bond acceptors (Lipinski definition) is 7. The first-order valence-corrected chi connectivity index (χ1v) is 10.3. The topological polar surface area (TPSA) is 161 Å². The Morgan fingerprint density at radius 1 is 1.26 bits per heavy atom. The van der Waals surface area contributed by atoms with E-state index < -0.39 is 18.0 Å². The molecule has 1 aliphatic rings. The molecule has 0 aromatic carbocycles. The van der Waals surface area contributed by atoms with Crippen molar-refractivity contribution < 1.29 is 24.9 Å². The van der Waals surface area contributed by atoms with Crippen molar-refractivity contribution in [2.75, 3.05) is 12.4 Å². The Hall–Kier alpha value is -3.19. The van der Waals surface area contributed by atoms with Gasteiger partial charge >= 0.3 is 11.9 Å². The highest BCUT2D eigenvalue weighted by Gasteiger charge is 2.27. The second kappa shape index (κ2) is 11.3. The first-order chi connectivity index (χ1) is 14.8. The fourth-order valence-electron chi connectivity index (χ4n) is 3.78. The maximum Gasteiger partial charge on any atom is 0.303 e. The van der Waals surface area contributed by atoms with Crippen LogP contribution in [0.25, 0.3) is 11.0 Å². The standard InChI is InChI=1S/C17H23N5O.C4H6O4/c1-11(23)17-21-14-10-20-16(19-2)9-15(14)22(17)13-5-3-12(4-6-13)7-8-18;5-3(6)1-2-4(7)8/h9-13,23H,3-7H2,1-2H3,(H,19,20);1-2H2,(H,5,6)(H,7,8). The Labute approximate surface area is 180 Å². The molecule has 1 aliphatic carbocycles. The van der Waals surface area contributed by atoms with Crippen LogP contribution in [0.2, 0.25) is 0 Å². The summed E-state index contributed by atoms with van der Waals surface area (Å²) in [5, 5.41) is 37.9. The second-order valence-electron chi connectivity index (χ2n) is 7.65. The van der Waals surface area contributed by atoms with Gasteiger partial charge in [-0.05, 0) is 38.5 Å². The maximum absolute atomic E-state index is 10.1. The number of aliphatic hydroxyl groups excluding tert-OH is 1. The summed E-state index contributed by atoms with van der Waals surface area (Å²) in [7, 11) is 1.84. The molecule has 0 saturated heterocycles. The van der Waals surface area contributed by atoms with Crippen LogP contribution >= 0.6 is 0 Å². The number of aliphatic carboxylic acids is 2. The average molecular weight is 431 g/mol. The number of aliphatic hydroxyl groups is 1. The third-order valence-corrected chi connectivity index (χ3v) is 5.35. The zero-order chi connectivity index (χ0) is 23.0. The number of hydrogen-bond donors (Lipinski definition) is 4. The Morgan fingerprint density at radius 2 is 1.87 bits per heavy atom. The minimum absolute atomic E-state index is 0.296. The van der Waals surface area contributed by atoms with Crippen LogP contribution < -0.4 is 5.32 Å². The van der Waals surface area contributed by atoms with E-state index in [1.54, 1.807) is 13.1 Å². The monoisotopic (exact) mass is 431 g/mol. The van der Waals surface area contributed by atoms with Gasteiger partial charge in [-0.1, -0.05) is 0 Å². The van der Waals surface area contributed by atoms with Crippen molar-refractivity contribution in [3.8, 4) is 6.07 Å². The lowest BCUT2D eigenvalue weighted by atomic mass is 9.84. The maximum atomic E-state index is 10.1. The van der Waals surface area contributed by atoms with Crippen molar-refractivity contribution in [1.82, 2.24) is 14.5 Å². The molecule has 1 saturated carbocycles. The molecule has 2 heterocycles. The van der Waals surface area contributed by atoms with Gasteiger partial charge in [-0.2, -0.15) is 5.26 Å². The molecule has 3 rings (SSSR count). The third kappa shape index (κ3) is 6.65. The zero-order valence-corrected chi connectivity index (χ0v) is 17.8. The minimum atomic E-state index is -1.08. The van der Waals surface area contributed by atoms with Crippen LogP contribution in [0, 0.1) is 17.2 Å². The molecular formula is C21H29N5O5. The summed E-state index contributed by atoms with van der Waals surface area (Å²) in [6.45, 7) is 1.76. The molecular weight excluding hydrogens is 402 g/mol. The predicted octanol–water partition coefficient (Wildman–Crippen LogP) is 3.11. The number of carbonyl (C=O) groups is 2. The van der Waals surface area contributed by atoms with Crippen molar-refractivity contribution >= 4 is 28.8 Å². The van der Waals surface area contributed by atoms with Gasteiger partial charge in [0.2, 0.25) is 0 Å². The van der Waals surface area contributed by atoms with Gasteiger partial charge in [-0.15, -0.1) is 0 Å². The largest absolute Gasteiger partial charge is 0.481 e. The molecule has 168 valence electrons. The number of nitrogens with one attached hydrogen (secondary N) is 1. The number of carboxylic acid groups (broad SMARTS) is 2. The lowest BCUT2D eigenvalue weighted by Gasteiger charge is -2.30. The predicted molar refractivity (Wildman–Crippen MR) is 113 cm³/mol. The molecule has 1 fully saturated rings. The number of rotatable bonds is 7. The van der Waals surface area contributed by atoms with Gasteiger partial charge in [0.1, 0.15) is 23.3 Å². The zero-order valence-electron chi connectivity index (χ0n) is 17.8. The lowest BCUT2D eigenvalue weighted by molar-refractivity contribution is -0.143. The van der Waals surface area contributed by atoms with Crippen LogP contribution in [-0.4, -0.2) is 48.8 Å². The second-order valence-corrected chi connectivity index (χ2v) is 7.65. The molecule has 1 unspecified atom stereocenters. The summed E-state index contributed by atoms with van der Waals surface area (Å²) in [5.74, 6) is -0.136. The van der Waals surface area contributed by atoms with E-state index in [1.807, 2.05) is 13.1 Å². The Bertz CT molecular complexity index is 928. The van der Waals surface area contributed by atoms with Crippen molar-refractivity contribution in [2.24, 2.45) is 5.92 Å². The summed E-state index contributed by atoms with van der Waals surface area (Å²) in [5.41, 5.74) is 1.84. The Kier molecular flexibility index (Phi) is 8.75. The van der Waals surface area contributed by atoms with E-state index >= 15 is 0 Å². The van der Waals surface area contributed by atoms with Gasteiger partial charge in [0.25, 0.3) is 0 Å². The van der Waals surface area contributed by atoms with E-state index in [2.05, 4.69) is 25.9 Å². The van der Waals surface area contributed by atoms with E-state index in [1.165, 1.54) is 0 Å². The normalized spacial score (nSPS) is 19.0. The van der Waals surface area contributed by atoms with Gasteiger partial charge < -0.3 is 25.2 Å². The average Bonchev–Trinajstić information content (AvgIpc) is 3.12. The smallest absolute Gasteiger partial charge is 0.303 e. The third-order valence-electron chi connectivity index (χ3n) is 5.35. The molecule has 0 bridgehead atoms. The van der Waals surface area contributed by atoms with Crippen molar-refractivity contribution in [2.45, 2.75) is 64.0 Å². The van der Waals surface area contributed by atoms with Crippen molar-refractivity contribution in [3.63, 3.8) is 0 Å². The molecule has 31 heavy (non-hydrogen) atoms. The molecule has 2 aromatic rings. The van der Waals surface area contributed by atoms with Gasteiger partial charge in [0, 0.05) is 25.6 Å². The summed E-state index contributed by atoms with van der Waals surface area (Å²) in [4.78, 5) is 28.2. The first kappa shape index (κ1) is 24.1. The number of carboxylic acids is 2. The number of aromatic nitrogens is 3. The molecule has 0 spiro atoms. The number of nitriles is 1. The molecule has 10 heteroatoms. The van der Waals surface area contributed by atoms with Crippen molar-refractivity contribution in [3.05, 3.63) is 18.1 Å². The number of fused-ring (bicyclic) bond motifs is 1. The SMILES string of the molecule is CNc1cc2c(cn1)nc(C(C)O)n2C1CCC(CC#N)CC1.O=C(O)CCC(=O)O. The van der Waals surface area contributed by atoms with E-state index in [-0.39, 0.29) is 12.8 Å². The summed E-state index contributed by atoms with van der Waals surface area (Å²) in [6, 6.07) is 4.61. The van der Waals surface area contributed by atoms with Gasteiger partial charge in [-0.3, -0.25) is 9.59 Å². The molecule has 10 nitrogen and oxygen atoms in total. The van der Waals surface area contributed by atoms with Gasteiger partial charge in [0.15, 0.2) is 0 Å². The summed E-state index contributed by atoms with van der Waals surface area (Å²) >= 11 is 0. The highest BCUT2D eigenvalue weighted by atomic mass is 16.4. The van der Waals surface area contributed by atoms with E-state index in [0.29, 0.717) is 24.2 Å². The van der Waals surface area contributed by atoms with Crippen molar-refractivity contribution in [1.29, 1.82) is 5.26 Å². The van der Waals surface area contributed by atoms with Crippen LogP contribution in [0.1, 0.15) is 69.8 Å². The fourth-order valence-corrected chi connectivity index (χ4v) is 3.78. The number of pyridine rings is 1. The molecule has 4 N–H and O–H groups in total. The van der Waals surface area contributed by atoms with E-state index in [0.717, 1.165) is 42.5 Å².